The third-order valence-electron chi connectivity index (χ3n) is 3.07. The Labute approximate surface area is 133 Å². The van der Waals surface area contributed by atoms with Gasteiger partial charge >= 0.3 is 6.03 Å². The maximum Gasteiger partial charge on any atom is 0.317 e. The van der Waals surface area contributed by atoms with Crippen molar-refractivity contribution in [1.29, 1.82) is 0 Å². The standard InChI is InChI=1S/C14H16Cl2N4O/c1-19(2)14(21)18-12(13-17-6-7-20(13)3)9-4-5-10(15)11(16)8-9/h4-8,12H,1-3H3,(H,18,21). The number of aryl methyl sites for hydroxylation is 1. The first kappa shape index (κ1) is 15.7. The topological polar surface area (TPSA) is 50.2 Å². The van der Waals surface area contributed by atoms with Gasteiger partial charge in [-0.3, -0.25) is 0 Å². The van der Waals surface area contributed by atoms with Crippen LogP contribution in [-0.2, 0) is 7.05 Å². The summed E-state index contributed by atoms with van der Waals surface area (Å²) in [6.45, 7) is 0. The molecule has 112 valence electrons. The molecule has 0 saturated heterocycles. The van der Waals surface area contributed by atoms with Crippen molar-refractivity contribution in [2.45, 2.75) is 6.04 Å². The van der Waals surface area contributed by atoms with Gasteiger partial charge in [0.1, 0.15) is 11.9 Å². The Bertz CT molecular complexity index is 654. The zero-order chi connectivity index (χ0) is 15.6. The normalized spacial score (nSPS) is 12.0. The van der Waals surface area contributed by atoms with Gasteiger partial charge < -0.3 is 14.8 Å². The third kappa shape index (κ3) is 3.49. The number of amides is 2. The summed E-state index contributed by atoms with van der Waals surface area (Å²) in [5, 5.41) is 3.83. The van der Waals surface area contributed by atoms with E-state index in [4.69, 9.17) is 23.2 Å². The number of nitrogens with zero attached hydrogens (tertiary/aromatic N) is 3. The number of aromatic nitrogens is 2. The van der Waals surface area contributed by atoms with Crippen LogP contribution in [0.2, 0.25) is 10.0 Å². The van der Waals surface area contributed by atoms with Crippen molar-refractivity contribution in [3.8, 4) is 0 Å². The molecule has 7 heteroatoms. The molecule has 21 heavy (non-hydrogen) atoms. The van der Waals surface area contributed by atoms with E-state index in [0.29, 0.717) is 15.9 Å². The van der Waals surface area contributed by atoms with Crippen LogP contribution >= 0.6 is 23.2 Å². The van der Waals surface area contributed by atoms with Crippen LogP contribution in [0.25, 0.3) is 0 Å². The Kier molecular flexibility index (Phi) is 4.75. The lowest BCUT2D eigenvalue weighted by molar-refractivity contribution is 0.214. The molecule has 2 rings (SSSR count). The molecule has 1 unspecified atom stereocenters. The second kappa shape index (κ2) is 6.37. The van der Waals surface area contributed by atoms with E-state index in [9.17, 15) is 4.79 Å². The van der Waals surface area contributed by atoms with Gasteiger partial charge in [-0.05, 0) is 17.7 Å². The van der Waals surface area contributed by atoms with Crippen molar-refractivity contribution in [3.05, 3.63) is 52.0 Å². The lowest BCUT2D eigenvalue weighted by Gasteiger charge is -2.22. The first-order chi connectivity index (χ1) is 9.90. The summed E-state index contributed by atoms with van der Waals surface area (Å²) in [7, 11) is 5.23. The van der Waals surface area contributed by atoms with Gasteiger partial charge in [0.2, 0.25) is 0 Å². The van der Waals surface area contributed by atoms with Gasteiger partial charge in [0.05, 0.1) is 10.0 Å². The van der Waals surface area contributed by atoms with Gasteiger partial charge in [0.25, 0.3) is 0 Å². The molecular formula is C14H16Cl2N4O. The van der Waals surface area contributed by atoms with Crippen molar-refractivity contribution in [2.24, 2.45) is 7.05 Å². The SMILES string of the molecule is CN(C)C(=O)NC(c1ccc(Cl)c(Cl)c1)c1nccn1C. The molecule has 5 nitrogen and oxygen atoms in total. The maximum atomic E-state index is 12.0. The number of carbonyl (C=O) groups is 1. The summed E-state index contributed by atoms with van der Waals surface area (Å²) in [5.41, 5.74) is 0.814. The van der Waals surface area contributed by atoms with Crippen LogP contribution in [-0.4, -0.2) is 34.6 Å². The summed E-state index contributed by atoms with van der Waals surface area (Å²) < 4.78 is 1.85. The third-order valence-corrected chi connectivity index (χ3v) is 3.81. The molecule has 2 amide bonds. The Morgan fingerprint density at radius 1 is 1.33 bits per heavy atom. The highest BCUT2D eigenvalue weighted by atomic mass is 35.5. The lowest BCUT2D eigenvalue weighted by Crippen LogP contribution is -2.38. The molecule has 1 heterocycles. The number of benzene rings is 1. The van der Waals surface area contributed by atoms with E-state index in [1.807, 2.05) is 23.9 Å². The van der Waals surface area contributed by atoms with Gasteiger partial charge in [0.15, 0.2) is 0 Å². The average Bonchev–Trinajstić information content (AvgIpc) is 2.85. The Hall–Kier alpha value is -1.72. The van der Waals surface area contributed by atoms with Crippen LogP contribution in [0.5, 0.6) is 0 Å². The predicted octanol–water partition coefficient (Wildman–Crippen LogP) is 3.09. The van der Waals surface area contributed by atoms with Crippen molar-refractivity contribution in [1.82, 2.24) is 19.8 Å². The highest BCUT2D eigenvalue weighted by molar-refractivity contribution is 6.42. The summed E-state index contributed by atoms with van der Waals surface area (Å²) in [6, 6.07) is 4.64. The Morgan fingerprint density at radius 3 is 2.57 bits per heavy atom. The summed E-state index contributed by atoms with van der Waals surface area (Å²) >= 11 is 12.0. The zero-order valence-electron chi connectivity index (χ0n) is 12.0. The first-order valence-electron chi connectivity index (χ1n) is 6.30. The second-order valence-electron chi connectivity index (χ2n) is 4.85. The zero-order valence-corrected chi connectivity index (χ0v) is 13.5. The first-order valence-corrected chi connectivity index (χ1v) is 7.05. The van der Waals surface area contributed by atoms with Gasteiger partial charge in [-0.15, -0.1) is 0 Å². The van der Waals surface area contributed by atoms with Gasteiger partial charge in [-0.25, -0.2) is 9.78 Å². The Balaban J connectivity index is 2.42. The molecule has 0 saturated carbocycles. The van der Waals surface area contributed by atoms with E-state index in [1.165, 1.54) is 4.90 Å². The number of hydrogen-bond donors (Lipinski definition) is 1. The fourth-order valence-electron chi connectivity index (χ4n) is 1.90. The molecule has 1 N–H and O–H groups in total. The molecule has 0 aliphatic carbocycles. The van der Waals surface area contributed by atoms with Gasteiger partial charge in [-0.1, -0.05) is 29.3 Å². The van der Waals surface area contributed by atoms with E-state index in [0.717, 1.165) is 5.56 Å². The van der Waals surface area contributed by atoms with Crippen molar-refractivity contribution in [3.63, 3.8) is 0 Å². The van der Waals surface area contributed by atoms with Crippen LogP contribution in [0.1, 0.15) is 17.4 Å². The molecule has 1 aromatic heterocycles. The summed E-state index contributed by atoms with van der Waals surface area (Å²) in [6.07, 6.45) is 3.50. The minimum Gasteiger partial charge on any atom is -0.336 e. The molecule has 2 aromatic rings. The fourth-order valence-corrected chi connectivity index (χ4v) is 2.20. The number of carbonyl (C=O) groups excluding carboxylic acids is 1. The highest BCUT2D eigenvalue weighted by Gasteiger charge is 2.22. The van der Waals surface area contributed by atoms with Crippen molar-refractivity contribution >= 4 is 29.2 Å². The van der Waals surface area contributed by atoms with Crippen molar-refractivity contribution < 1.29 is 4.79 Å². The predicted molar refractivity (Wildman–Crippen MR) is 83.7 cm³/mol. The number of nitrogens with one attached hydrogen (secondary N) is 1. The molecule has 1 atom stereocenters. The Morgan fingerprint density at radius 2 is 2.05 bits per heavy atom. The molecule has 0 radical (unpaired) electrons. The molecular weight excluding hydrogens is 311 g/mol. The monoisotopic (exact) mass is 326 g/mol. The van der Waals surface area contributed by atoms with Crippen LogP contribution in [0.15, 0.2) is 30.6 Å². The molecule has 0 aliphatic heterocycles. The molecule has 1 aromatic carbocycles. The largest absolute Gasteiger partial charge is 0.336 e. The molecule has 0 fully saturated rings. The van der Waals surface area contributed by atoms with E-state index in [2.05, 4.69) is 10.3 Å². The van der Waals surface area contributed by atoms with Crippen LogP contribution in [0.3, 0.4) is 0 Å². The van der Waals surface area contributed by atoms with Gasteiger partial charge in [0, 0.05) is 33.5 Å². The van der Waals surface area contributed by atoms with E-state index in [1.54, 1.807) is 32.4 Å². The average molecular weight is 327 g/mol. The second-order valence-corrected chi connectivity index (χ2v) is 5.66. The fraction of sp³-hybridized carbons (Fsp3) is 0.286. The van der Waals surface area contributed by atoms with E-state index >= 15 is 0 Å². The molecule has 0 bridgehead atoms. The van der Waals surface area contributed by atoms with Crippen LogP contribution in [0.4, 0.5) is 4.79 Å². The number of urea groups is 1. The highest BCUT2D eigenvalue weighted by Crippen LogP contribution is 2.28. The van der Waals surface area contributed by atoms with Crippen LogP contribution in [0, 0.1) is 0 Å². The summed E-state index contributed by atoms with van der Waals surface area (Å²) in [4.78, 5) is 17.8. The van der Waals surface area contributed by atoms with Gasteiger partial charge in [-0.2, -0.15) is 0 Å². The molecule has 0 aliphatic rings. The minimum atomic E-state index is -0.408. The number of hydrogen-bond acceptors (Lipinski definition) is 2. The quantitative estimate of drug-likeness (QED) is 0.942. The van der Waals surface area contributed by atoms with Crippen LogP contribution < -0.4 is 5.32 Å². The minimum absolute atomic E-state index is 0.214. The lowest BCUT2D eigenvalue weighted by atomic mass is 10.1. The van der Waals surface area contributed by atoms with Crippen molar-refractivity contribution in [2.75, 3.05) is 14.1 Å². The summed E-state index contributed by atoms with van der Waals surface area (Å²) in [5.74, 6) is 0.712. The number of rotatable bonds is 3. The molecule has 0 spiro atoms. The van der Waals surface area contributed by atoms with E-state index in [-0.39, 0.29) is 6.03 Å². The number of halogens is 2. The maximum absolute atomic E-state index is 12.0. The van der Waals surface area contributed by atoms with E-state index < -0.39 is 6.04 Å². The number of imidazole rings is 1. The smallest absolute Gasteiger partial charge is 0.317 e.